The Balaban J connectivity index is 3.69. The van der Waals surface area contributed by atoms with Crippen molar-refractivity contribution in [2.45, 2.75) is 51.6 Å². The van der Waals surface area contributed by atoms with Crippen LogP contribution in [0.4, 0.5) is 0 Å². The average molecular weight is 217 g/mol. The average Bonchev–Trinajstić information content (AvgIpc) is 2.26. The van der Waals surface area contributed by atoms with Gasteiger partial charge in [0, 0.05) is 19.6 Å². The van der Waals surface area contributed by atoms with Crippen LogP contribution in [0.5, 0.6) is 0 Å². The largest absolute Gasteiger partial charge is 0.396 e. The van der Waals surface area contributed by atoms with Crippen LogP contribution in [0.15, 0.2) is 0 Å². The second-order valence-electron chi connectivity index (χ2n) is 3.89. The van der Waals surface area contributed by atoms with Crippen LogP contribution in [-0.2, 0) is 4.79 Å². The van der Waals surface area contributed by atoms with Crippen molar-refractivity contribution in [3.63, 3.8) is 0 Å². The standard InChI is InChI=1S/C11H23NO3/c1-3-11(15,4-2)9-12-10(14)7-5-6-8-13/h13,15H,3-9H2,1-2H3,(H,12,14). The molecule has 0 rings (SSSR count). The van der Waals surface area contributed by atoms with Crippen LogP contribution in [-0.4, -0.2) is 34.9 Å². The van der Waals surface area contributed by atoms with Crippen LogP contribution in [0.25, 0.3) is 0 Å². The van der Waals surface area contributed by atoms with Crippen LogP contribution in [0.1, 0.15) is 46.0 Å². The molecule has 0 saturated carbocycles. The summed E-state index contributed by atoms with van der Waals surface area (Å²) in [6, 6.07) is 0. The first-order valence-corrected chi connectivity index (χ1v) is 5.68. The van der Waals surface area contributed by atoms with Crippen LogP contribution >= 0.6 is 0 Å². The molecule has 15 heavy (non-hydrogen) atoms. The molecular weight excluding hydrogens is 194 g/mol. The van der Waals surface area contributed by atoms with Gasteiger partial charge in [0.05, 0.1) is 5.60 Å². The van der Waals surface area contributed by atoms with E-state index in [1.165, 1.54) is 0 Å². The molecule has 0 aromatic rings. The zero-order chi connectivity index (χ0) is 11.7. The molecule has 3 N–H and O–H groups in total. The molecule has 0 heterocycles. The van der Waals surface area contributed by atoms with E-state index in [2.05, 4.69) is 5.32 Å². The first kappa shape index (κ1) is 14.4. The van der Waals surface area contributed by atoms with Gasteiger partial charge in [0.1, 0.15) is 0 Å². The minimum Gasteiger partial charge on any atom is -0.396 e. The maximum atomic E-state index is 11.3. The summed E-state index contributed by atoms with van der Waals surface area (Å²) in [6.45, 7) is 4.25. The van der Waals surface area contributed by atoms with Gasteiger partial charge in [0.15, 0.2) is 0 Å². The zero-order valence-electron chi connectivity index (χ0n) is 9.75. The minimum absolute atomic E-state index is 0.0521. The molecule has 0 aliphatic heterocycles. The maximum Gasteiger partial charge on any atom is 0.220 e. The smallest absolute Gasteiger partial charge is 0.220 e. The van der Waals surface area contributed by atoms with Gasteiger partial charge in [-0.05, 0) is 25.7 Å². The molecule has 0 radical (unpaired) electrons. The summed E-state index contributed by atoms with van der Waals surface area (Å²) in [5, 5.41) is 21.2. The van der Waals surface area contributed by atoms with Crippen LogP contribution < -0.4 is 5.32 Å². The molecule has 1 amide bonds. The summed E-state index contributed by atoms with van der Waals surface area (Å²) in [6.07, 6.45) is 3.04. The number of carbonyl (C=O) groups excluding carboxylic acids is 1. The van der Waals surface area contributed by atoms with Gasteiger partial charge in [-0.25, -0.2) is 0 Å². The molecule has 0 aliphatic rings. The predicted molar refractivity (Wildman–Crippen MR) is 59.5 cm³/mol. The third kappa shape index (κ3) is 6.47. The lowest BCUT2D eigenvalue weighted by molar-refractivity contribution is -0.122. The highest BCUT2D eigenvalue weighted by Crippen LogP contribution is 2.12. The number of unbranched alkanes of at least 4 members (excludes halogenated alkanes) is 1. The quantitative estimate of drug-likeness (QED) is 0.527. The van der Waals surface area contributed by atoms with E-state index in [0.29, 0.717) is 38.6 Å². The van der Waals surface area contributed by atoms with Crippen LogP contribution in [0.3, 0.4) is 0 Å². The molecule has 0 aromatic carbocycles. The summed E-state index contributed by atoms with van der Waals surface area (Å²) in [5.41, 5.74) is -0.771. The van der Waals surface area contributed by atoms with Gasteiger partial charge in [-0.2, -0.15) is 0 Å². The van der Waals surface area contributed by atoms with E-state index < -0.39 is 5.60 Å². The highest BCUT2D eigenvalue weighted by atomic mass is 16.3. The summed E-state index contributed by atoms with van der Waals surface area (Å²) in [4.78, 5) is 11.3. The topological polar surface area (TPSA) is 69.6 Å². The van der Waals surface area contributed by atoms with Crippen molar-refractivity contribution in [2.24, 2.45) is 0 Å². The number of aliphatic hydroxyl groups excluding tert-OH is 1. The Morgan fingerprint density at radius 3 is 2.33 bits per heavy atom. The second-order valence-corrected chi connectivity index (χ2v) is 3.89. The van der Waals surface area contributed by atoms with E-state index in [9.17, 15) is 9.90 Å². The van der Waals surface area contributed by atoms with Crippen molar-refractivity contribution in [3.8, 4) is 0 Å². The summed E-state index contributed by atoms with van der Waals surface area (Å²) < 4.78 is 0. The van der Waals surface area contributed by atoms with Crippen molar-refractivity contribution >= 4 is 5.91 Å². The normalized spacial score (nSPS) is 11.5. The monoisotopic (exact) mass is 217 g/mol. The SMILES string of the molecule is CCC(O)(CC)CNC(=O)CCCCO. The molecule has 0 aliphatic carbocycles. The Bertz CT molecular complexity index is 179. The van der Waals surface area contributed by atoms with Crippen molar-refractivity contribution in [2.75, 3.05) is 13.2 Å². The van der Waals surface area contributed by atoms with Gasteiger partial charge >= 0.3 is 0 Å². The van der Waals surface area contributed by atoms with Crippen molar-refractivity contribution in [1.82, 2.24) is 5.32 Å². The fourth-order valence-electron chi connectivity index (χ4n) is 1.25. The third-order valence-corrected chi connectivity index (χ3v) is 2.74. The first-order chi connectivity index (χ1) is 7.08. The van der Waals surface area contributed by atoms with Crippen molar-refractivity contribution < 1.29 is 15.0 Å². The number of hydrogen-bond donors (Lipinski definition) is 3. The number of amides is 1. The van der Waals surface area contributed by atoms with Crippen LogP contribution in [0, 0.1) is 0 Å². The maximum absolute atomic E-state index is 11.3. The Hall–Kier alpha value is -0.610. The highest BCUT2D eigenvalue weighted by molar-refractivity contribution is 5.75. The van der Waals surface area contributed by atoms with Gasteiger partial charge < -0.3 is 15.5 Å². The second kappa shape index (κ2) is 7.65. The van der Waals surface area contributed by atoms with E-state index in [0.717, 1.165) is 0 Å². The molecule has 4 nitrogen and oxygen atoms in total. The number of nitrogens with one attached hydrogen (secondary N) is 1. The van der Waals surface area contributed by atoms with Crippen LogP contribution in [0.2, 0.25) is 0 Å². The number of aliphatic hydroxyl groups is 2. The minimum atomic E-state index is -0.771. The van der Waals surface area contributed by atoms with E-state index in [1.54, 1.807) is 0 Å². The fourth-order valence-corrected chi connectivity index (χ4v) is 1.25. The number of carbonyl (C=O) groups is 1. The lowest BCUT2D eigenvalue weighted by Gasteiger charge is -2.25. The molecule has 4 heteroatoms. The molecule has 0 saturated heterocycles. The molecule has 0 atom stereocenters. The molecule has 0 bridgehead atoms. The van der Waals surface area contributed by atoms with Gasteiger partial charge in [-0.1, -0.05) is 13.8 Å². The molecule has 0 spiro atoms. The molecular formula is C11H23NO3. The van der Waals surface area contributed by atoms with E-state index in [4.69, 9.17) is 5.11 Å². The predicted octanol–water partition coefficient (Wildman–Crippen LogP) is 0.816. The van der Waals surface area contributed by atoms with E-state index in [1.807, 2.05) is 13.8 Å². The first-order valence-electron chi connectivity index (χ1n) is 5.68. The Labute approximate surface area is 91.7 Å². The Morgan fingerprint density at radius 2 is 1.87 bits per heavy atom. The Kier molecular flexibility index (Phi) is 7.34. The van der Waals surface area contributed by atoms with E-state index in [-0.39, 0.29) is 12.5 Å². The Morgan fingerprint density at radius 1 is 1.27 bits per heavy atom. The van der Waals surface area contributed by atoms with Gasteiger partial charge in [0.25, 0.3) is 0 Å². The summed E-state index contributed by atoms with van der Waals surface area (Å²) in [5.74, 6) is -0.0521. The summed E-state index contributed by atoms with van der Waals surface area (Å²) >= 11 is 0. The molecule has 0 fully saturated rings. The molecule has 90 valence electrons. The van der Waals surface area contributed by atoms with E-state index >= 15 is 0 Å². The van der Waals surface area contributed by atoms with Gasteiger partial charge in [0.2, 0.25) is 5.91 Å². The third-order valence-electron chi connectivity index (χ3n) is 2.74. The van der Waals surface area contributed by atoms with Gasteiger partial charge in [-0.15, -0.1) is 0 Å². The number of hydrogen-bond acceptors (Lipinski definition) is 3. The highest BCUT2D eigenvalue weighted by Gasteiger charge is 2.22. The summed E-state index contributed by atoms with van der Waals surface area (Å²) in [7, 11) is 0. The van der Waals surface area contributed by atoms with Crippen molar-refractivity contribution in [3.05, 3.63) is 0 Å². The molecule has 0 unspecified atom stereocenters. The van der Waals surface area contributed by atoms with Gasteiger partial charge in [-0.3, -0.25) is 4.79 Å². The fraction of sp³-hybridized carbons (Fsp3) is 0.909. The number of rotatable bonds is 8. The zero-order valence-corrected chi connectivity index (χ0v) is 9.75. The lowest BCUT2D eigenvalue weighted by Crippen LogP contribution is -2.41. The lowest BCUT2D eigenvalue weighted by atomic mass is 9.97. The molecule has 0 aromatic heterocycles. The van der Waals surface area contributed by atoms with Crippen molar-refractivity contribution in [1.29, 1.82) is 0 Å².